The molecule has 1 fully saturated rings. The molecule has 2 N–H and O–H groups in total. The summed E-state index contributed by atoms with van der Waals surface area (Å²) < 4.78 is 13.3. The van der Waals surface area contributed by atoms with Crippen LogP contribution in [0.4, 0.5) is 15.8 Å². The number of halogens is 1. The van der Waals surface area contributed by atoms with Gasteiger partial charge in [0.1, 0.15) is 5.69 Å². The van der Waals surface area contributed by atoms with Crippen molar-refractivity contribution in [3.63, 3.8) is 0 Å². The Morgan fingerprint density at radius 3 is 2.82 bits per heavy atom. The van der Waals surface area contributed by atoms with Gasteiger partial charge in [0, 0.05) is 6.54 Å². The molecule has 5 nitrogen and oxygen atoms in total. The van der Waals surface area contributed by atoms with E-state index in [2.05, 4.69) is 5.32 Å². The molecule has 1 saturated carbocycles. The van der Waals surface area contributed by atoms with Crippen molar-refractivity contribution in [3.8, 4) is 0 Å². The maximum Gasteiger partial charge on any atom is 0.327 e. The van der Waals surface area contributed by atoms with Crippen molar-refractivity contribution in [2.24, 2.45) is 5.92 Å². The third kappa shape index (κ3) is 2.52. The van der Waals surface area contributed by atoms with E-state index in [0.717, 1.165) is 6.07 Å². The lowest BCUT2D eigenvalue weighted by atomic mass is 9.82. The van der Waals surface area contributed by atoms with Crippen molar-refractivity contribution in [1.82, 2.24) is 0 Å². The maximum absolute atomic E-state index is 13.3. The first kappa shape index (κ1) is 11.8. The number of nitro groups is 1. The minimum atomic E-state index is -0.839. The Labute approximate surface area is 97.4 Å². The fourth-order valence-corrected chi connectivity index (χ4v) is 1.97. The Bertz CT molecular complexity index is 433. The molecule has 0 atom stereocenters. The van der Waals surface area contributed by atoms with Gasteiger partial charge in [-0.1, -0.05) is 6.07 Å². The Hall–Kier alpha value is -1.69. The summed E-state index contributed by atoms with van der Waals surface area (Å²) in [6, 6.07) is 3.98. The molecular formula is C11H13FN2O3. The normalized spacial score (nSPS) is 22.9. The van der Waals surface area contributed by atoms with Crippen LogP contribution in [0.2, 0.25) is 0 Å². The number of nitrogens with one attached hydrogen (secondary N) is 1. The summed E-state index contributed by atoms with van der Waals surface area (Å²) in [7, 11) is 0. The van der Waals surface area contributed by atoms with Gasteiger partial charge in [-0.3, -0.25) is 10.1 Å². The highest BCUT2D eigenvalue weighted by atomic mass is 19.1. The predicted molar refractivity (Wildman–Crippen MR) is 60.3 cm³/mol. The number of para-hydroxylation sites is 1. The minimum absolute atomic E-state index is 0.191. The number of hydrogen-bond donors (Lipinski definition) is 2. The van der Waals surface area contributed by atoms with E-state index >= 15 is 0 Å². The van der Waals surface area contributed by atoms with Crippen molar-refractivity contribution in [2.45, 2.75) is 18.9 Å². The van der Waals surface area contributed by atoms with Crippen molar-refractivity contribution < 1.29 is 14.4 Å². The van der Waals surface area contributed by atoms with Crippen LogP contribution >= 0.6 is 0 Å². The molecular weight excluding hydrogens is 227 g/mol. The smallest absolute Gasteiger partial charge is 0.327 e. The van der Waals surface area contributed by atoms with Crippen molar-refractivity contribution in [1.29, 1.82) is 0 Å². The van der Waals surface area contributed by atoms with Crippen molar-refractivity contribution in [2.75, 3.05) is 11.9 Å². The molecule has 0 radical (unpaired) electrons. The number of rotatable bonds is 4. The standard InChI is InChI=1S/C11H13FN2O3/c12-9-2-1-3-10(11(9)14(16)17)13-6-7-4-8(15)5-7/h1-3,7-8,13,15H,4-6H2. The van der Waals surface area contributed by atoms with Crippen LogP contribution in [0.25, 0.3) is 0 Å². The van der Waals surface area contributed by atoms with Gasteiger partial charge in [-0.25, -0.2) is 0 Å². The molecule has 0 unspecified atom stereocenters. The van der Waals surface area contributed by atoms with Crippen LogP contribution in [0.5, 0.6) is 0 Å². The van der Waals surface area contributed by atoms with E-state index in [1.165, 1.54) is 12.1 Å². The summed E-state index contributed by atoms with van der Waals surface area (Å²) >= 11 is 0. The summed E-state index contributed by atoms with van der Waals surface area (Å²) in [5.74, 6) is -0.540. The number of aliphatic hydroxyl groups excluding tert-OH is 1. The summed E-state index contributed by atoms with van der Waals surface area (Å²) in [4.78, 5) is 9.98. The zero-order chi connectivity index (χ0) is 12.4. The molecule has 0 saturated heterocycles. The molecule has 92 valence electrons. The maximum atomic E-state index is 13.3. The summed E-state index contributed by atoms with van der Waals surface area (Å²) in [5, 5.41) is 22.7. The summed E-state index contributed by atoms with van der Waals surface area (Å²) in [6.07, 6.45) is 1.12. The van der Waals surface area contributed by atoms with Gasteiger partial charge in [0.15, 0.2) is 0 Å². The van der Waals surface area contributed by atoms with Crippen LogP contribution in [-0.4, -0.2) is 22.7 Å². The average molecular weight is 240 g/mol. The van der Waals surface area contributed by atoms with Crippen molar-refractivity contribution >= 4 is 11.4 Å². The summed E-state index contributed by atoms with van der Waals surface area (Å²) in [5.41, 5.74) is -0.330. The third-order valence-electron chi connectivity index (χ3n) is 2.96. The molecule has 1 aliphatic carbocycles. The Morgan fingerprint density at radius 1 is 1.53 bits per heavy atom. The van der Waals surface area contributed by atoms with Gasteiger partial charge in [-0.15, -0.1) is 0 Å². The zero-order valence-corrected chi connectivity index (χ0v) is 9.10. The predicted octanol–water partition coefficient (Wildman–Crippen LogP) is 1.92. The molecule has 2 rings (SSSR count). The molecule has 1 aliphatic rings. The second-order valence-electron chi connectivity index (χ2n) is 4.27. The quantitative estimate of drug-likeness (QED) is 0.622. The minimum Gasteiger partial charge on any atom is -0.393 e. The van der Waals surface area contributed by atoms with E-state index < -0.39 is 16.4 Å². The van der Waals surface area contributed by atoms with Gasteiger partial charge >= 0.3 is 5.69 Å². The molecule has 0 aliphatic heterocycles. The van der Waals surface area contributed by atoms with Crippen LogP contribution in [0, 0.1) is 21.8 Å². The summed E-state index contributed by atoms with van der Waals surface area (Å²) in [6.45, 7) is 0.515. The zero-order valence-electron chi connectivity index (χ0n) is 9.10. The lowest BCUT2D eigenvalue weighted by Crippen LogP contribution is -2.33. The molecule has 17 heavy (non-hydrogen) atoms. The molecule has 0 spiro atoms. The Morgan fingerprint density at radius 2 is 2.24 bits per heavy atom. The lowest BCUT2D eigenvalue weighted by molar-refractivity contribution is -0.386. The third-order valence-corrected chi connectivity index (χ3v) is 2.96. The molecule has 1 aromatic rings. The molecule has 0 aromatic heterocycles. The highest BCUT2D eigenvalue weighted by Crippen LogP contribution is 2.30. The van der Waals surface area contributed by atoms with Gasteiger partial charge < -0.3 is 10.4 Å². The van der Waals surface area contributed by atoms with E-state index in [1.807, 2.05) is 0 Å². The highest BCUT2D eigenvalue weighted by Gasteiger charge is 2.28. The van der Waals surface area contributed by atoms with Gasteiger partial charge in [-0.2, -0.15) is 4.39 Å². The van der Waals surface area contributed by atoms with Gasteiger partial charge in [0.2, 0.25) is 5.82 Å². The number of nitrogens with zero attached hydrogens (tertiary/aromatic N) is 1. The van der Waals surface area contributed by atoms with Crippen LogP contribution < -0.4 is 5.32 Å². The first-order valence-corrected chi connectivity index (χ1v) is 5.42. The second kappa shape index (κ2) is 4.67. The van der Waals surface area contributed by atoms with E-state index in [0.29, 0.717) is 25.3 Å². The van der Waals surface area contributed by atoms with Crippen molar-refractivity contribution in [3.05, 3.63) is 34.1 Å². The first-order chi connectivity index (χ1) is 8.08. The van der Waals surface area contributed by atoms with Crippen LogP contribution in [0.3, 0.4) is 0 Å². The number of anilines is 1. The highest BCUT2D eigenvalue weighted by molar-refractivity contribution is 5.61. The number of benzene rings is 1. The molecule has 0 amide bonds. The van der Waals surface area contributed by atoms with Crippen LogP contribution in [0.15, 0.2) is 18.2 Å². The van der Waals surface area contributed by atoms with Gasteiger partial charge in [-0.05, 0) is 30.9 Å². The fraction of sp³-hybridized carbons (Fsp3) is 0.455. The van der Waals surface area contributed by atoms with Gasteiger partial charge in [0.25, 0.3) is 0 Å². The fourth-order valence-electron chi connectivity index (χ4n) is 1.97. The van der Waals surface area contributed by atoms with Crippen LogP contribution in [0.1, 0.15) is 12.8 Å². The van der Waals surface area contributed by atoms with E-state index in [4.69, 9.17) is 5.11 Å². The largest absolute Gasteiger partial charge is 0.393 e. The number of aliphatic hydroxyl groups is 1. The molecule has 6 heteroatoms. The van der Waals surface area contributed by atoms with Gasteiger partial charge in [0.05, 0.1) is 11.0 Å². The SMILES string of the molecule is O=[N+]([O-])c1c(F)cccc1NCC1CC(O)C1. The van der Waals surface area contributed by atoms with Crippen LogP contribution in [-0.2, 0) is 0 Å². The van der Waals surface area contributed by atoms with E-state index in [9.17, 15) is 14.5 Å². The van der Waals surface area contributed by atoms with E-state index in [-0.39, 0.29) is 11.8 Å². The first-order valence-electron chi connectivity index (χ1n) is 5.42. The lowest BCUT2D eigenvalue weighted by Gasteiger charge is -2.31. The molecule has 0 heterocycles. The second-order valence-corrected chi connectivity index (χ2v) is 4.27. The topological polar surface area (TPSA) is 75.4 Å². The molecule has 0 bridgehead atoms. The monoisotopic (exact) mass is 240 g/mol. The average Bonchev–Trinajstić information content (AvgIpc) is 2.22. The molecule has 1 aromatic carbocycles. The Kier molecular flexibility index (Phi) is 3.23. The van der Waals surface area contributed by atoms with E-state index in [1.54, 1.807) is 0 Å². The number of nitro benzene ring substituents is 1. The Balaban J connectivity index is 2.05. The number of hydrogen-bond acceptors (Lipinski definition) is 4.